The summed E-state index contributed by atoms with van der Waals surface area (Å²) in [6, 6.07) is 0.781. The van der Waals surface area contributed by atoms with E-state index >= 15 is 0 Å². The molecular formula is C10H20ClNO. The number of rotatable bonds is 8. The van der Waals surface area contributed by atoms with Crippen molar-refractivity contribution < 1.29 is 5.11 Å². The van der Waals surface area contributed by atoms with E-state index in [0.717, 1.165) is 31.4 Å². The van der Waals surface area contributed by atoms with Crippen molar-refractivity contribution >= 4 is 11.6 Å². The largest absolute Gasteiger partial charge is 0.395 e. The third kappa shape index (κ3) is 4.84. The van der Waals surface area contributed by atoms with E-state index in [1.54, 1.807) is 0 Å². The molecule has 0 amide bonds. The van der Waals surface area contributed by atoms with Crippen LogP contribution in [0, 0.1) is 0 Å². The Morgan fingerprint density at radius 3 is 2.46 bits per heavy atom. The summed E-state index contributed by atoms with van der Waals surface area (Å²) >= 11 is 5.60. The van der Waals surface area contributed by atoms with Crippen molar-refractivity contribution in [3.05, 3.63) is 0 Å². The minimum Gasteiger partial charge on any atom is -0.395 e. The number of nitrogens with zero attached hydrogens (tertiary/aromatic N) is 1. The fourth-order valence-corrected chi connectivity index (χ4v) is 1.82. The fraction of sp³-hybridized carbons (Fsp3) is 1.00. The topological polar surface area (TPSA) is 23.5 Å². The first kappa shape index (κ1) is 11.3. The van der Waals surface area contributed by atoms with Crippen LogP contribution in [0.3, 0.4) is 0 Å². The number of halogens is 1. The summed E-state index contributed by atoms with van der Waals surface area (Å²) in [4.78, 5) is 2.41. The van der Waals surface area contributed by atoms with Crippen molar-refractivity contribution in [2.45, 2.75) is 38.1 Å². The molecule has 0 unspecified atom stereocenters. The number of unbranched alkanes of at least 4 members (excludes halogenated alkanes) is 2. The second-order valence-corrected chi connectivity index (χ2v) is 4.12. The summed E-state index contributed by atoms with van der Waals surface area (Å²) in [6.45, 7) is 2.29. The second-order valence-electron chi connectivity index (χ2n) is 3.74. The van der Waals surface area contributed by atoms with Gasteiger partial charge in [-0.1, -0.05) is 6.42 Å². The Morgan fingerprint density at radius 1 is 1.15 bits per heavy atom. The van der Waals surface area contributed by atoms with E-state index in [0.29, 0.717) is 6.61 Å². The Morgan fingerprint density at radius 2 is 1.92 bits per heavy atom. The van der Waals surface area contributed by atoms with Gasteiger partial charge in [-0.25, -0.2) is 0 Å². The van der Waals surface area contributed by atoms with Crippen LogP contribution in [0.1, 0.15) is 32.1 Å². The molecule has 0 radical (unpaired) electrons. The second kappa shape index (κ2) is 6.63. The monoisotopic (exact) mass is 205 g/mol. The number of aliphatic hydroxyl groups excluding tert-OH is 1. The predicted molar refractivity (Wildman–Crippen MR) is 56.3 cm³/mol. The van der Waals surface area contributed by atoms with Crippen LogP contribution in [-0.4, -0.2) is 41.6 Å². The molecule has 0 aromatic rings. The molecule has 2 nitrogen and oxygen atoms in total. The molecule has 78 valence electrons. The molecule has 0 spiro atoms. The minimum absolute atomic E-state index is 0.298. The maximum atomic E-state index is 8.85. The van der Waals surface area contributed by atoms with Crippen molar-refractivity contribution in [2.75, 3.05) is 25.6 Å². The van der Waals surface area contributed by atoms with Crippen LogP contribution in [-0.2, 0) is 0 Å². The van der Waals surface area contributed by atoms with Gasteiger partial charge in [-0.2, -0.15) is 0 Å². The van der Waals surface area contributed by atoms with Crippen molar-refractivity contribution in [2.24, 2.45) is 0 Å². The van der Waals surface area contributed by atoms with Gasteiger partial charge in [-0.05, 0) is 32.2 Å². The molecule has 0 heterocycles. The van der Waals surface area contributed by atoms with Gasteiger partial charge in [-0.15, -0.1) is 11.6 Å². The van der Waals surface area contributed by atoms with Crippen molar-refractivity contribution in [3.63, 3.8) is 0 Å². The van der Waals surface area contributed by atoms with Crippen LogP contribution < -0.4 is 0 Å². The van der Waals surface area contributed by atoms with Gasteiger partial charge < -0.3 is 5.11 Å². The van der Waals surface area contributed by atoms with Gasteiger partial charge in [0.1, 0.15) is 0 Å². The van der Waals surface area contributed by atoms with Crippen molar-refractivity contribution in [3.8, 4) is 0 Å². The lowest BCUT2D eigenvalue weighted by Crippen LogP contribution is -2.30. The molecule has 0 aromatic carbocycles. The molecule has 13 heavy (non-hydrogen) atoms. The highest BCUT2D eigenvalue weighted by atomic mass is 35.5. The molecule has 3 heteroatoms. The van der Waals surface area contributed by atoms with Gasteiger partial charge in [0.2, 0.25) is 0 Å². The van der Waals surface area contributed by atoms with E-state index in [-0.39, 0.29) is 0 Å². The Hall–Kier alpha value is 0.210. The summed E-state index contributed by atoms with van der Waals surface area (Å²) in [6.07, 6.45) is 6.23. The summed E-state index contributed by atoms with van der Waals surface area (Å²) in [7, 11) is 0. The predicted octanol–water partition coefficient (Wildman–Crippen LogP) is 1.85. The number of hydrogen-bond acceptors (Lipinski definition) is 2. The molecule has 1 N–H and O–H groups in total. The molecule has 1 saturated carbocycles. The van der Waals surface area contributed by atoms with Crippen LogP contribution in [0.15, 0.2) is 0 Å². The Labute approximate surface area is 85.9 Å². The summed E-state index contributed by atoms with van der Waals surface area (Å²) in [5.41, 5.74) is 0. The molecule has 1 aliphatic rings. The van der Waals surface area contributed by atoms with Gasteiger partial charge in [0.25, 0.3) is 0 Å². The molecule has 0 bridgehead atoms. The molecule has 1 fully saturated rings. The molecule has 0 atom stereocenters. The van der Waals surface area contributed by atoms with Crippen LogP contribution in [0.4, 0.5) is 0 Å². The van der Waals surface area contributed by atoms with Gasteiger partial charge in [0.05, 0.1) is 6.61 Å². The third-order valence-electron chi connectivity index (χ3n) is 2.53. The molecular weight excluding hydrogens is 186 g/mol. The average molecular weight is 206 g/mol. The standard InChI is InChI=1S/C10H20ClNO/c11-6-2-1-3-7-12(8-9-13)10-4-5-10/h10,13H,1-9H2. The van der Waals surface area contributed by atoms with Gasteiger partial charge in [0, 0.05) is 18.5 Å². The third-order valence-corrected chi connectivity index (χ3v) is 2.80. The highest BCUT2D eigenvalue weighted by molar-refractivity contribution is 6.17. The zero-order chi connectivity index (χ0) is 9.52. The zero-order valence-electron chi connectivity index (χ0n) is 8.21. The van der Waals surface area contributed by atoms with Crippen LogP contribution in [0.2, 0.25) is 0 Å². The van der Waals surface area contributed by atoms with E-state index in [1.165, 1.54) is 25.7 Å². The maximum absolute atomic E-state index is 8.85. The van der Waals surface area contributed by atoms with E-state index < -0.39 is 0 Å². The SMILES string of the molecule is OCCN(CCCCCCl)C1CC1. The van der Waals surface area contributed by atoms with Crippen LogP contribution in [0.5, 0.6) is 0 Å². The van der Waals surface area contributed by atoms with Gasteiger partial charge in [0.15, 0.2) is 0 Å². The lowest BCUT2D eigenvalue weighted by Gasteiger charge is -2.20. The number of aliphatic hydroxyl groups is 1. The molecule has 0 saturated heterocycles. The van der Waals surface area contributed by atoms with Crippen LogP contribution in [0.25, 0.3) is 0 Å². The number of alkyl halides is 1. The van der Waals surface area contributed by atoms with E-state index in [1.807, 2.05) is 0 Å². The first-order chi connectivity index (χ1) is 6.38. The van der Waals surface area contributed by atoms with Crippen molar-refractivity contribution in [1.82, 2.24) is 4.90 Å². The quantitative estimate of drug-likeness (QED) is 0.483. The lowest BCUT2D eigenvalue weighted by molar-refractivity contribution is 0.187. The average Bonchev–Trinajstić information content (AvgIpc) is 2.93. The normalized spacial score (nSPS) is 16.8. The molecule has 1 aliphatic carbocycles. The Balaban J connectivity index is 2.00. The summed E-state index contributed by atoms with van der Waals surface area (Å²) in [5.74, 6) is 0.781. The molecule has 0 aromatic heterocycles. The summed E-state index contributed by atoms with van der Waals surface area (Å²) < 4.78 is 0. The smallest absolute Gasteiger partial charge is 0.0558 e. The van der Waals surface area contributed by atoms with Gasteiger partial charge in [-0.3, -0.25) is 4.90 Å². The Kier molecular flexibility index (Phi) is 5.76. The van der Waals surface area contributed by atoms with E-state index in [2.05, 4.69) is 4.90 Å². The van der Waals surface area contributed by atoms with Gasteiger partial charge >= 0.3 is 0 Å². The molecule has 1 rings (SSSR count). The first-order valence-corrected chi connectivity index (χ1v) is 5.83. The Bertz CT molecular complexity index is 128. The number of hydrogen-bond donors (Lipinski definition) is 1. The van der Waals surface area contributed by atoms with E-state index in [9.17, 15) is 0 Å². The zero-order valence-corrected chi connectivity index (χ0v) is 8.97. The minimum atomic E-state index is 0.298. The highest BCUT2D eigenvalue weighted by Crippen LogP contribution is 2.26. The maximum Gasteiger partial charge on any atom is 0.0558 e. The van der Waals surface area contributed by atoms with Crippen LogP contribution >= 0.6 is 11.6 Å². The van der Waals surface area contributed by atoms with E-state index in [4.69, 9.17) is 16.7 Å². The highest BCUT2D eigenvalue weighted by Gasteiger charge is 2.27. The first-order valence-electron chi connectivity index (χ1n) is 5.29. The molecule has 0 aliphatic heterocycles. The lowest BCUT2D eigenvalue weighted by atomic mass is 10.2. The fourth-order valence-electron chi connectivity index (χ4n) is 1.63. The summed E-state index contributed by atoms with van der Waals surface area (Å²) in [5, 5.41) is 8.85. The van der Waals surface area contributed by atoms with Crippen molar-refractivity contribution in [1.29, 1.82) is 0 Å².